The second kappa shape index (κ2) is 13.0. The molecule has 3 aliphatic heterocycles. The van der Waals surface area contributed by atoms with Crippen LogP contribution in [0.5, 0.6) is 0 Å². The van der Waals surface area contributed by atoms with E-state index in [9.17, 15) is 0 Å². The highest BCUT2D eigenvalue weighted by Crippen LogP contribution is 2.79. The molecule has 62 heavy (non-hydrogen) atoms. The van der Waals surface area contributed by atoms with Crippen LogP contribution in [0.1, 0.15) is 68.8 Å². The number of unbranched alkanes of at least 4 members (excludes halogenated alkanes) is 1. The largest absolute Gasteiger partial charge is 0.397 e. The average Bonchev–Trinajstić information content (AvgIpc) is 3.70. The molecule has 8 nitrogen and oxygen atoms in total. The maximum atomic E-state index is 6.57. The summed E-state index contributed by atoms with van der Waals surface area (Å²) in [6.45, 7) is 7.23. The second-order valence-electron chi connectivity index (χ2n) is 18.2. The molecule has 6 aromatic carbocycles. The van der Waals surface area contributed by atoms with Gasteiger partial charge in [-0.1, -0.05) is 75.7 Å². The standard InChI is InChI=1S/C54H52N8/c1-5-7-12-31-17-18-33-30-61-47(24-34(33)23-31)38-15-10-11-16-40(38)54(52(61)53(54,3)6-2)51-37-20-19-35(25-39(37)50-36-14-9-8-13-32(36)21-22-60(50)51)62-48-28-42(56)41(55)26-45(48)59-46-27-43(57)44(58-4)29-49(46)62/h8-11,13-30,51-52,58-59H,5-7,12,55-57H2,1-4H3/q+2. The van der Waals surface area contributed by atoms with Crippen molar-refractivity contribution in [2.45, 2.75) is 64.0 Å². The fourth-order valence-electron chi connectivity index (χ4n) is 12.1. The van der Waals surface area contributed by atoms with Gasteiger partial charge in [0, 0.05) is 35.8 Å². The van der Waals surface area contributed by atoms with Crippen LogP contribution in [0.2, 0.25) is 0 Å². The van der Waals surface area contributed by atoms with E-state index in [0.717, 1.165) is 47.0 Å². The minimum atomic E-state index is -0.237. The number of hydrogen-bond donors (Lipinski definition) is 5. The van der Waals surface area contributed by atoms with Gasteiger partial charge in [0.25, 0.3) is 0 Å². The number of nitrogens with two attached hydrogens (primary N) is 3. The van der Waals surface area contributed by atoms with E-state index in [4.69, 9.17) is 17.2 Å². The van der Waals surface area contributed by atoms with Crippen LogP contribution in [0.4, 0.5) is 51.2 Å². The lowest BCUT2D eigenvalue weighted by Crippen LogP contribution is -2.51. The molecule has 5 heterocycles. The van der Waals surface area contributed by atoms with Gasteiger partial charge in [-0.25, -0.2) is 0 Å². The molecule has 306 valence electrons. The number of pyridine rings is 2. The third kappa shape index (κ3) is 4.72. The zero-order chi connectivity index (χ0) is 42.2. The first kappa shape index (κ1) is 36.8. The molecule has 0 spiro atoms. The van der Waals surface area contributed by atoms with Crippen LogP contribution in [0, 0.1) is 5.41 Å². The molecule has 8 aromatic rings. The second-order valence-corrected chi connectivity index (χ2v) is 18.2. The molecule has 4 atom stereocenters. The molecule has 2 aromatic heterocycles. The first-order valence-corrected chi connectivity index (χ1v) is 22.2. The SMILES string of the molecule is CCCCc1ccc2c[n+]3c(cc2c1)-c1ccccc1C1(C2c4ccc(N5c6cc(N)c(N)cc6Nc6cc(N)c(NC)cc65)cc4-c4c5ccccc5cc[n+]42)C3C1(C)CC. The van der Waals surface area contributed by atoms with Crippen molar-refractivity contribution >= 4 is 72.7 Å². The Kier molecular flexibility index (Phi) is 7.69. The number of hydrogen-bond acceptors (Lipinski definition) is 6. The number of nitrogen functional groups attached to an aromatic ring is 3. The molecule has 1 aliphatic carbocycles. The first-order chi connectivity index (χ1) is 30.2. The van der Waals surface area contributed by atoms with Crippen molar-refractivity contribution in [1.82, 2.24) is 0 Å². The van der Waals surface area contributed by atoms with Crippen molar-refractivity contribution in [3.8, 4) is 22.5 Å². The predicted molar refractivity (Wildman–Crippen MR) is 256 cm³/mol. The summed E-state index contributed by atoms with van der Waals surface area (Å²) in [4.78, 5) is 2.30. The first-order valence-electron chi connectivity index (χ1n) is 22.2. The quantitative estimate of drug-likeness (QED) is 0.0809. The smallest absolute Gasteiger partial charge is 0.221 e. The number of rotatable bonds is 7. The zero-order valence-electron chi connectivity index (χ0n) is 35.8. The van der Waals surface area contributed by atoms with Crippen LogP contribution < -0.4 is 41.9 Å². The summed E-state index contributed by atoms with van der Waals surface area (Å²) in [6, 6.07) is 45.5. The van der Waals surface area contributed by atoms with Gasteiger partial charge in [0.15, 0.2) is 18.4 Å². The van der Waals surface area contributed by atoms with Crippen molar-refractivity contribution < 1.29 is 9.13 Å². The van der Waals surface area contributed by atoms with Gasteiger partial charge in [0.1, 0.15) is 5.41 Å². The number of aryl methyl sites for hydroxylation is 1. The van der Waals surface area contributed by atoms with Crippen LogP contribution in [-0.2, 0) is 11.8 Å². The predicted octanol–water partition coefficient (Wildman–Crippen LogP) is 11.4. The molecular weight excluding hydrogens is 761 g/mol. The Bertz CT molecular complexity index is 3230. The van der Waals surface area contributed by atoms with E-state index in [-0.39, 0.29) is 22.9 Å². The van der Waals surface area contributed by atoms with Gasteiger partial charge in [-0.3, -0.25) is 0 Å². The van der Waals surface area contributed by atoms with Gasteiger partial charge in [-0.15, -0.1) is 0 Å². The average molecular weight is 813 g/mol. The molecule has 0 bridgehead atoms. The zero-order valence-corrected chi connectivity index (χ0v) is 35.8. The minimum Gasteiger partial charge on any atom is -0.397 e. The normalized spacial score (nSPS) is 20.9. The molecule has 1 fully saturated rings. The molecule has 8 N–H and O–H groups in total. The fraction of sp³-hybridized carbons (Fsp3) is 0.222. The van der Waals surface area contributed by atoms with E-state index in [1.165, 1.54) is 73.6 Å². The molecular formula is C54H52N8+2. The summed E-state index contributed by atoms with van der Waals surface area (Å²) in [7, 11) is 1.90. The summed E-state index contributed by atoms with van der Waals surface area (Å²) in [5.41, 5.74) is 35.9. The number of nitrogens with one attached hydrogen (secondary N) is 2. The molecule has 0 radical (unpaired) electrons. The van der Waals surface area contributed by atoms with E-state index in [2.05, 4.69) is 161 Å². The third-order valence-electron chi connectivity index (χ3n) is 15.2. The monoisotopic (exact) mass is 812 g/mol. The number of anilines is 9. The van der Waals surface area contributed by atoms with E-state index >= 15 is 0 Å². The number of benzene rings is 6. The van der Waals surface area contributed by atoms with Crippen LogP contribution in [0.3, 0.4) is 0 Å². The number of fused-ring (bicyclic) bond motifs is 14. The Morgan fingerprint density at radius 2 is 1.50 bits per heavy atom. The van der Waals surface area contributed by atoms with Gasteiger partial charge < -0.3 is 32.7 Å². The lowest BCUT2D eigenvalue weighted by atomic mass is 9.74. The topological polar surface area (TPSA) is 113 Å². The molecule has 4 aliphatic rings. The third-order valence-corrected chi connectivity index (χ3v) is 15.2. The van der Waals surface area contributed by atoms with Crippen molar-refractivity contribution in [1.29, 1.82) is 0 Å². The van der Waals surface area contributed by atoms with E-state index in [1.807, 2.05) is 25.2 Å². The number of nitrogens with zero attached hydrogens (tertiary/aromatic N) is 3. The van der Waals surface area contributed by atoms with Gasteiger partial charge in [0.05, 0.1) is 67.4 Å². The Morgan fingerprint density at radius 1 is 0.726 bits per heavy atom. The van der Waals surface area contributed by atoms with Gasteiger partial charge in [0.2, 0.25) is 17.4 Å². The lowest BCUT2D eigenvalue weighted by Gasteiger charge is -2.35. The van der Waals surface area contributed by atoms with E-state index < -0.39 is 0 Å². The van der Waals surface area contributed by atoms with Crippen LogP contribution in [0.15, 0.2) is 134 Å². The molecule has 0 saturated heterocycles. The van der Waals surface area contributed by atoms with Crippen molar-refractivity contribution in [3.05, 3.63) is 150 Å². The Labute approximate surface area is 362 Å². The molecule has 12 rings (SSSR count). The molecule has 1 saturated carbocycles. The minimum absolute atomic E-state index is 0.0313. The van der Waals surface area contributed by atoms with Gasteiger partial charge in [-0.05, 0) is 102 Å². The maximum absolute atomic E-state index is 6.57. The van der Waals surface area contributed by atoms with E-state index in [0.29, 0.717) is 17.1 Å². The van der Waals surface area contributed by atoms with Gasteiger partial charge >= 0.3 is 0 Å². The fourth-order valence-corrected chi connectivity index (χ4v) is 12.1. The summed E-state index contributed by atoms with van der Waals surface area (Å²) < 4.78 is 5.30. The molecule has 0 amide bonds. The van der Waals surface area contributed by atoms with Gasteiger partial charge in [-0.2, -0.15) is 9.13 Å². The summed E-state index contributed by atoms with van der Waals surface area (Å²) in [6.07, 6.45) is 9.39. The molecule has 8 heteroatoms. The highest BCUT2D eigenvalue weighted by atomic mass is 15.2. The Morgan fingerprint density at radius 3 is 2.32 bits per heavy atom. The van der Waals surface area contributed by atoms with Crippen molar-refractivity contribution in [3.63, 3.8) is 0 Å². The summed E-state index contributed by atoms with van der Waals surface area (Å²) in [5.74, 6) is 0. The highest BCUT2D eigenvalue weighted by Gasteiger charge is 2.88. The van der Waals surface area contributed by atoms with Crippen molar-refractivity contribution in [2.24, 2.45) is 5.41 Å². The maximum Gasteiger partial charge on any atom is 0.221 e. The molecule has 4 unspecified atom stereocenters. The number of aromatic nitrogens is 2. The Balaban J connectivity index is 1.10. The van der Waals surface area contributed by atoms with E-state index in [1.54, 1.807) is 0 Å². The van der Waals surface area contributed by atoms with Crippen LogP contribution in [0.25, 0.3) is 44.1 Å². The van der Waals surface area contributed by atoms with Crippen LogP contribution in [-0.4, -0.2) is 7.05 Å². The Hall–Kier alpha value is -7.06. The van der Waals surface area contributed by atoms with Crippen LogP contribution >= 0.6 is 0 Å². The summed E-state index contributed by atoms with van der Waals surface area (Å²) >= 11 is 0. The lowest BCUT2D eigenvalue weighted by molar-refractivity contribution is -0.726. The highest BCUT2D eigenvalue weighted by molar-refractivity contribution is 6.03. The van der Waals surface area contributed by atoms with Crippen molar-refractivity contribution in [2.75, 3.05) is 39.8 Å². The summed E-state index contributed by atoms with van der Waals surface area (Å²) in [5, 5.41) is 12.0.